The number of rotatable bonds is 7. The van der Waals surface area contributed by atoms with Crippen LogP contribution in [0.4, 0.5) is 0 Å². The Hall–Kier alpha value is -2.75. The molecule has 2 fully saturated rings. The number of hydrogen-bond donors (Lipinski definition) is 1. The first kappa shape index (κ1) is 19.6. The molecule has 2 aliphatic rings. The second-order valence-corrected chi connectivity index (χ2v) is 7.93. The van der Waals surface area contributed by atoms with E-state index in [2.05, 4.69) is 20.6 Å². The van der Waals surface area contributed by atoms with E-state index in [0.29, 0.717) is 44.2 Å². The summed E-state index contributed by atoms with van der Waals surface area (Å²) in [6.07, 6.45) is 5.35. The molecule has 1 saturated heterocycles. The fraction of sp³-hybridized carbons (Fsp3) is 0.632. The van der Waals surface area contributed by atoms with Crippen LogP contribution in [0.1, 0.15) is 31.0 Å². The van der Waals surface area contributed by atoms with Gasteiger partial charge in [-0.05, 0) is 31.7 Å². The van der Waals surface area contributed by atoms with Crippen LogP contribution in [0.2, 0.25) is 0 Å². The second-order valence-electron chi connectivity index (χ2n) is 7.93. The summed E-state index contributed by atoms with van der Waals surface area (Å²) in [6.45, 7) is 3.48. The van der Waals surface area contributed by atoms with E-state index >= 15 is 0 Å². The normalized spacial score (nSPS) is 25.9. The van der Waals surface area contributed by atoms with Crippen molar-refractivity contribution in [3.8, 4) is 0 Å². The molecule has 0 aromatic carbocycles. The molecule has 3 atom stereocenters. The first-order chi connectivity index (χ1) is 14.0. The van der Waals surface area contributed by atoms with Crippen LogP contribution in [0.3, 0.4) is 0 Å². The predicted molar refractivity (Wildman–Crippen MR) is 101 cm³/mol. The third-order valence-corrected chi connectivity index (χ3v) is 5.94. The molecule has 4 rings (SSSR count). The smallest absolute Gasteiger partial charge is 0.248 e. The van der Waals surface area contributed by atoms with Crippen LogP contribution in [-0.2, 0) is 26.3 Å². The lowest BCUT2D eigenvalue weighted by molar-refractivity contribution is -0.134. The molecule has 0 unspecified atom stereocenters. The molecule has 2 amide bonds. The Bertz CT molecular complexity index is 866. The fourth-order valence-corrected chi connectivity index (χ4v) is 4.67. The highest BCUT2D eigenvalue weighted by atomic mass is 16.5. The molecule has 1 saturated carbocycles. The van der Waals surface area contributed by atoms with Crippen molar-refractivity contribution in [2.24, 2.45) is 5.92 Å². The molecule has 156 valence electrons. The number of aromatic nitrogens is 4. The molecule has 3 heterocycles. The third-order valence-electron chi connectivity index (χ3n) is 5.94. The number of ether oxygens (including phenoxy) is 1. The fourth-order valence-electron chi connectivity index (χ4n) is 4.67. The Morgan fingerprint density at radius 1 is 1.45 bits per heavy atom. The van der Waals surface area contributed by atoms with E-state index in [1.807, 2.05) is 17.2 Å². The van der Waals surface area contributed by atoms with E-state index in [1.165, 1.54) is 7.11 Å². The maximum absolute atomic E-state index is 12.4. The highest BCUT2D eigenvalue weighted by molar-refractivity contribution is 5.78. The molecule has 1 aliphatic heterocycles. The average Bonchev–Trinajstić information content (AvgIpc) is 3.43. The SMILES string of the molecule is COCC(=O)N1C[C@@H]2C[C@@H](NC(=O)CCn3cccn3)C[C@]2(c2nc(C)no2)C1. The minimum atomic E-state index is -0.426. The Kier molecular flexibility index (Phi) is 5.35. The van der Waals surface area contributed by atoms with Crippen molar-refractivity contribution in [2.75, 3.05) is 26.8 Å². The van der Waals surface area contributed by atoms with Gasteiger partial charge in [0.15, 0.2) is 5.82 Å². The van der Waals surface area contributed by atoms with Crippen molar-refractivity contribution in [3.05, 3.63) is 30.2 Å². The van der Waals surface area contributed by atoms with Gasteiger partial charge in [-0.2, -0.15) is 10.1 Å². The molecule has 10 nitrogen and oxygen atoms in total. The topological polar surface area (TPSA) is 115 Å². The molecule has 1 aliphatic carbocycles. The van der Waals surface area contributed by atoms with Crippen molar-refractivity contribution in [1.82, 2.24) is 30.1 Å². The summed E-state index contributed by atoms with van der Waals surface area (Å²) in [5, 5.41) is 11.2. The lowest BCUT2D eigenvalue weighted by atomic mass is 9.80. The maximum Gasteiger partial charge on any atom is 0.248 e. The molecule has 0 spiro atoms. The van der Waals surface area contributed by atoms with Crippen molar-refractivity contribution < 1.29 is 18.8 Å². The van der Waals surface area contributed by atoms with Gasteiger partial charge in [-0.1, -0.05) is 5.16 Å². The number of fused-ring (bicyclic) bond motifs is 1. The summed E-state index contributed by atoms with van der Waals surface area (Å²) < 4.78 is 12.3. The molecule has 10 heteroatoms. The van der Waals surface area contributed by atoms with E-state index in [1.54, 1.807) is 17.8 Å². The summed E-state index contributed by atoms with van der Waals surface area (Å²) in [6, 6.07) is 1.85. The van der Waals surface area contributed by atoms with Gasteiger partial charge < -0.3 is 19.5 Å². The molecule has 0 radical (unpaired) electrons. The summed E-state index contributed by atoms with van der Waals surface area (Å²) in [5.74, 6) is 1.23. The molecule has 29 heavy (non-hydrogen) atoms. The number of nitrogens with zero attached hydrogens (tertiary/aromatic N) is 5. The van der Waals surface area contributed by atoms with Gasteiger partial charge in [0.1, 0.15) is 6.61 Å². The van der Waals surface area contributed by atoms with Gasteiger partial charge in [0.2, 0.25) is 17.7 Å². The van der Waals surface area contributed by atoms with Crippen LogP contribution in [0.15, 0.2) is 23.0 Å². The second kappa shape index (κ2) is 7.94. The Morgan fingerprint density at radius 3 is 3.00 bits per heavy atom. The minimum absolute atomic E-state index is 0.00495. The minimum Gasteiger partial charge on any atom is -0.375 e. The molecular weight excluding hydrogens is 376 g/mol. The Labute approximate surface area is 168 Å². The number of methoxy groups -OCH3 is 1. The number of nitrogens with one attached hydrogen (secondary N) is 1. The van der Waals surface area contributed by atoms with Crippen LogP contribution >= 0.6 is 0 Å². The highest BCUT2D eigenvalue weighted by Gasteiger charge is 2.58. The van der Waals surface area contributed by atoms with Gasteiger partial charge in [-0.25, -0.2) is 0 Å². The van der Waals surface area contributed by atoms with E-state index in [-0.39, 0.29) is 30.4 Å². The first-order valence-electron chi connectivity index (χ1n) is 9.84. The lowest BCUT2D eigenvalue weighted by Crippen LogP contribution is -2.40. The predicted octanol–water partition coefficient (Wildman–Crippen LogP) is 0.286. The van der Waals surface area contributed by atoms with Crippen LogP contribution in [0.5, 0.6) is 0 Å². The Morgan fingerprint density at radius 2 is 2.31 bits per heavy atom. The largest absolute Gasteiger partial charge is 0.375 e. The van der Waals surface area contributed by atoms with Gasteiger partial charge in [0, 0.05) is 51.6 Å². The van der Waals surface area contributed by atoms with Crippen molar-refractivity contribution >= 4 is 11.8 Å². The monoisotopic (exact) mass is 402 g/mol. The van der Waals surface area contributed by atoms with Crippen molar-refractivity contribution in [3.63, 3.8) is 0 Å². The van der Waals surface area contributed by atoms with Crippen LogP contribution in [0.25, 0.3) is 0 Å². The standard InChI is InChI=1S/C19H26N6O4/c1-13-21-18(29-23-13)19-9-15(22-16(26)4-7-25-6-3-5-20-25)8-14(19)10-24(12-19)17(27)11-28-2/h3,5-6,14-15H,4,7-12H2,1-2H3,(H,22,26)/t14-,15+,19-/m0/s1. The molecular formula is C19H26N6O4. The molecule has 0 bridgehead atoms. The summed E-state index contributed by atoms with van der Waals surface area (Å²) in [4.78, 5) is 31.1. The summed E-state index contributed by atoms with van der Waals surface area (Å²) in [7, 11) is 1.51. The third kappa shape index (κ3) is 3.89. The zero-order valence-corrected chi connectivity index (χ0v) is 16.7. The first-order valence-corrected chi connectivity index (χ1v) is 9.84. The zero-order valence-electron chi connectivity index (χ0n) is 16.7. The van der Waals surface area contributed by atoms with Crippen LogP contribution in [-0.4, -0.2) is 69.5 Å². The van der Waals surface area contributed by atoms with E-state index in [0.717, 1.165) is 6.42 Å². The number of amides is 2. The maximum atomic E-state index is 12.4. The van der Waals surface area contributed by atoms with Crippen LogP contribution < -0.4 is 5.32 Å². The quantitative estimate of drug-likeness (QED) is 0.707. The van der Waals surface area contributed by atoms with E-state index < -0.39 is 5.41 Å². The number of hydrogen-bond acceptors (Lipinski definition) is 7. The highest BCUT2D eigenvalue weighted by Crippen LogP contribution is 2.50. The van der Waals surface area contributed by atoms with E-state index in [4.69, 9.17) is 9.26 Å². The summed E-state index contributed by atoms with van der Waals surface area (Å²) >= 11 is 0. The summed E-state index contributed by atoms with van der Waals surface area (Å²) in [5.41, 5.74) is -0.426. The van der Waals surface area contributed by atoms with Gasteiger partial charge in [-0.15, -0.1) is 0 Å². The molecule has 1 N–H and O–H groups in total. The van der Waals surface area contributed by atoms with Gasteiger partial charge in [0.05, 0.1) is 5.41 Å². The Balaban J connectivity index is 1.44. The van der Waals surface area contributed by atoms with E-state index in [9.17, 15) is 9.59 Å². The number of likely N-dealkylation sites (tertiary alicyclic amines) is 1. The van der Waals surface area contributed by atoms with Gasteiger partial charge >= 0.3 is 0 Å². The number of carbonyl (C=O) groups excluding carboxylic acids is 2. The molecule has 2 aromatic heterocycles. The van der Waals surface area contributed by atoms with Crippen molar-refractivity contribution in [2.45, 2.75) is 44.2 Å². The van der Waals surface area contributed by atoms with Crippen molar-refractivity contribution in [1.29, 1.82) is 0 Å². The zero-order chi connectivity index (χ0) is 20.4. The number of aryl methyl sites for hydroxylation is 2. The van der Waals surface area contributed by atoms with Gasteiger partial charge in [0.25, 0.3) is 0 Å². The van der Waals surface area contributed by atoms with Gasteiger partial charge in [-0.3, -0.25) is 14.3 Å². The van der Waals surface area contributed by atoms with Crippen LogP contribution in [0, 0.1) is 12.8 Å². The average molecular weight is 402 g/mol. The number of carbonyl (C=O) groups is 2. The lowest BCUT2D eigenvalue weighted by Gasteiger charge is -2.25. The molecule has 2 aromatic rings.